The van der Waals surface area contributed by atoms with Gasteiger partial charge in [-0.05, 0) is 47.7 Å². The van der Waals surface area contributed by atoms with E-state index in [0.29, 0.717) is 12.0 Å². The summed E-state index contributed by atoms with van der Waals surface area (Å²) >= 11 is 1.86. The number of hydrogen-bond acceptors (Lipinski definition) is 3. The highest BCUT2D eigenvalue weighted by atomic mass is 32.1. The van der Waals surface area contributed by atoms with Gasteiger partial charge in [0.15, 0.2) is 0 Å². The molecule has 3 rings (SSSR count). The van der Waals surface area contributed by atoms with E-state index in [9.17, 15) is 0 Å². The predicted octanol–water partition coefficient (Wildman–Crippen LogP) is 3.98. The Bertz CT molecular complexity index is 530. The summed E-state index contributed by atoms with van der Waals surface area (Å²) in [6, 6.07) is 9.22. The van der Waals surface area contributed by atoms with E-state index in [4.69, 9.17) is 4.74 Å². The van der Waals surface area contributed by atoms with Crippen LogP contribution in [0.2, 0.25) is 0 Å². The van der Waals surface area contributed by atoms with Gasteiger partial charge in [0.1, 0.15) is 0 Å². The first kappa shape index (κ1) is 13.1. The van der Waals surface area contributed by atoms with Crippen molar-refractivity contribution in [1.29, 1.82) is 0 Å². The summed E-state index contributed by atoms with van der Waals surface area (Å²) in [6.45, 7) is 5.04. The second kappa shape index (κ2) is 6.04. The molecule has 2 nitrogen and oxygen atoms in total. The monoisotopic (exact) mass is 275 g/mol. The molecular formula is C16H21NOS. The van der Waals surface area contributed by atoms with Gasteiger partial charge in [0.2, 0.25) is 0 Å². The molecule has 0 radical (unpaired) electrons. The number of benzene rings is 1. The highest BCUT2D eigenvalue weighted by Crippen LogP contribution is 2.36. The minimum absolute atomic E-state index is 0.477. The lowest BCUT2D eigenvalue weighted by Gasteiger charge is -2.31. The van der Waals surface area contributed by atoms with Gasteiger partial charge in [0.05, 0.1) is 0 Å². The quantitative estimate of drug-likeness (QED) is 0.911. The Balaban J connectivity index is 1.94. The maximum atomic E-state index is 5.51. The van der Waals surface area contributed by atoms with Crippen molar-refractivity contribution in [2.24, 2.45) is 5.92 Å². The number of ether oxygens (including phenoxy) is 1. The van der Waals surface area contributed by atoms with Crippen LogP contribution in [0.4, 0.5) is 0 Å². The molecule has 1 aromatic heterocycles. The van der Waals surface area contributed by atoms with E-state index in [2.05, 4.69) is 41.9 Å². The van der Waals surface area contributed by atoms with Crippen molar-refractivity contribution in [1.82, 2.24) is 5.32 Å². The zero-order chi connectivity index (χ0) is 13.1. The first-order chi connectivity index (χ1) is 9.40. The Hall–Kier alpha value is -0.900. The lowest BCUT2D eigenvalue weighted by Crippen LogP contribution is -2.31. The lowest BCUT2D eigenvalue weighted by molar-refractivity contribution is 0.0540. The fraction of sp³-hybridized carbons (Fsp3) is 0.500. The highest BCUT2D eigenvalue weighted by molar-refractivity contribution is 7.17. The molecule has 19 heavy (non-hydrogen) atoms. The molecule has 102 valence electrons. The van der Waals surface area contributed by atoms with Crippen LogP contribution in [0.5, 0.6) is 0 Å². The van der Waals surface area contributed by atoms with Crippen molar-refractivity contribution in [3.63, 3.8) is 0 Å². The molecule has 1 unspecified atom stereocenters. The maximum Gasteiger partial charge on any atom is 0.0469 e. The van der Waals surface area contributed by atoms with Crippen LogP contribution in [0.1, 0.15) is 31.4 Å². The van der Waals surface area contributed by atoms with E-state index in [1.807, 2.05) is 11.3 Å². The molecule has 2 aromatic rings. The molecular weight excluding hydrogens is 254 g/mol. The lowest BCUT2D eigenvalue weighted by atomic mass is 9.87. The summed E-state index contributed by atoms with van der Waals surface area (Å²) < 4.78 is 6.90. The molecule has 1 fully saturated rings. The first-order valence-corrected chi connectivity index (χ1v) is 8.05. The predicted molar refractivity (Wildman–Crippen MR) is 81.8 cm³/mol. The standard InChI is InChI=1S/C16H21NOS/c1-2-17-16(12-7-9-18-10-8-12)14-11-19-15-6-4-3-5-13(14)15/h3-6,11-12,16-17H,2,7-10H2,1H3. The molecule has 1 N–H and O–H groups in total. The van der Waals surface area contributed by atoms with Gasteiger partial charge in [-0.3, -0.25) is 0 Å². The minimum atomic E-state index is 0.477. The molecule has 1 aromatic carbocycles. The fourth-order valence-electron chi connectivity index (χ4n) is 3.04. The summed E-state index contributed by atoms with van der Waals surface area (Å²) in [6.07, 6.45) is 2.34. The average molecular weight is 275 g/mol. The van der Waals surface area contributed by atoms with Gasteiger partial charge < -0.3 is 10.1 Å². The molecule has 1 atom stereocenters. The van der Waals surface area contributed by atoms with Crippen molar-refractivity contribution in [3.8, 4) is 0 Å². The Morgan fingerprint density at radius 2 is 2.11 bits per heavy atom. The fourth-order valence-corrected chi connectivity index (χ4v) is 4.04. The summed E-state index contributed by atoms with van der Waals surface area (Å²) in [5.41, 5.74) is 1.48. The zero-order valence-electron chi connectivity index (χ0n) is 11.4. The third-order valence-electron chi connectivity index (χ3n) is 4.01. The molecule has 1 saturated heterocycles. The van der Waals surface area contributed by atoms with Crippen LogP contribution in [-0.2, 0) is 4.74 Å². The molecule has 1 aliphatic rings. The number of hydrogen-bond donors (Lipinski definition) is 1. The Labute approximate surface area is 118 Å². The third kappa shape index (κ3) is 2.69. The highest BCUT2D eigenvalue weighted by Gasteiger charge is 2.26. The second-order valence-electron chi connectivity index (χ2n) is 5.17. The summed E-state index contributed by atoms with van der Waals surface area (Å²) in [4.78, 5) is 0. The molecule has 0 saturated carbocycles. The van der Waals surface area contributed by atoms with Gasteiger partial charge in [-0.1, -0.05) is 25.1 Å². The maximum absolute atomic E-state index is 5.51. The van der Waals surface area contributed by atoms with Crippen LogP contribution in [0.25, 0.3) is 10.1 Å². The van der Waals surface area contributed by atoms with Gasteiger partial charge in [-0.2, -0.15) is 0 Å². The van der Waals surface area contributed by atoms with Crippen LogP contribution < -0.4 is 5.32 Å². The van der Waals surface area contributed by atoms with E-state index in [-0.39, 0.29) is 0 Å². The Kier molecular flexibility index (Phi) is 4.16. The van der Waals surface area contributed by atoms with Crippen molar-refractivity contribution in [2.45, 2.75) is 25.8 Å². The van der Waals surface area contributed by atoms with Crippen molar-refractivity contribution < 1.29 is 4.74 Å². The number of rotatable bonds is 4. The van der Waals surface area contributed by atoms with Gasteiger partial charge >= 0.3 is 0 Å². The number of fused-ring (bicyclic) bond motifs is 1. The summed E-state index contributed by atoms with van der Waals surface area (Å²) in [5, 5.41) is 7.46. The van der Waals surface area contributed by atoms with Gasteiger partial charge in [-0.25, -0.2) is 0 Å². The Morgan fingerprint density at radius 1 is 1.32 bits per heavy atom. The molecule has 3 heteroatoms. The van der Waals surface area contributed by atoms with Gasteiger partial charge in [-0.15, -0.1) is 11.3 Å². The van der Waals surface area contributed by atoms with Crippen molar-refractivity contribution in [2.75, 3.05) is 19.8 Å². The first-order valence-electron chi connectivity index (χ1n) is 7.17. The zero-order valence-corrected chi connectivity index (χ0v) is 12.2. The van der Waals surface area contributed by atoms with Crippen LogP contribution >= 0.6 is 11.3 Å². The van der Waals surface area contributed by atoms with Crippen LogP contribution in [-0.4, -0.2) is 19.8 Å². The van der Waals surface area contributed by atoms with Crippen LogP contribution in [0.15, 0.2) is 29.6 Å². The Morgan fingerprint density at radius 3 is 2.89 bits per heavy atom. The molecule has 0 amide bonds. The normalized spacial score (nSPS) is 18.8. The molecule has 0 bridgehead atoms. The SMILES string of the molecule is CCNC(c1csc2ccccc12)C1CCOCC1. The molecule has 2 heterocycles. The van der Waals surface area contributed by atoms with E-state index in [1.54, 1.807) is 0 Å². The van der Waals surface area contributed by atoms with Gasteiger partial charge in [0.25, 0.3) is 0 Å². The van der Waals surface area contributed by atoms with E-state index >= 15 is 0 Å². The molecule has 0 spiro atoms. The second-order valence-corrected chi connectivity index (χ2v) is 6.08. The van der Waals surface area contributed by atoms with Crippen LogP contribution in [0, 0.1) is 5.92 Å². The van der Waals surface area contributed by atoms with E-state index in [0.717, 1.165) is 19.8 Å². The third-order valence-corrected chi connectivity index (χ3v) is 4.99. The smallest absolute Gasteiger partial charge is 0.0469 e. The summed E-state index contributed by atoms with van der Waals surface area (Å²) in [5.74, 6) is 0.701. The van der Waals surface area contributed by atoms with Gasteiger partial charge in [0, 0.05) is 24.0 Å². The van der Waals surface area contributed by atoms with Crippen molar-refractivity contribution in [3.05, 3.63) is 35.2 Å². The number of thiophene rings is 1. The minimum Gasteiger partial charge on any atom is -0.381 e. The largest absolute Gasteiger partial charge is 0.381 e. The molecule has 1 aliphatic heterocycles. The average Bonchev–Trinajstić information content (AvgIpc) is 2.89. The topological polar surface area (TPSA) is 21.3 Å². The molecule has 0 aliphatic carbocycles. The van der Waals surface area contributed by atoms with Crippen LogP contribution in [0.3, 0.4) is 0 Å². The van der Waals surface area contributed by atoms with E-state index < -0.39 is 0 Å². The van der Waals surface area contributed by atoms with Crippen molar-refractivity contribution >= 4 is 21.4 Å². The number of nitrogens with one attached hydrogen (secondary N) is 1. The summed E-state index contributed by atoms with van der Waals surface area (Å²) in [7, 11) is 0. The van der Waals surface area contributed by atoms with E-state index in [1.165, 1.54) is 28.5 Å².